The molecule has 0 bridgehead atoms. The monoisotopic (exact) mass is 359 g/mol. The van der Waals surface area contributed by atoms with Crippen LogP contribution in [0, 0.1) is 0 Å². The molecule has 1 aliphatic heterocycles. The van der Waals surface area contributed by atoms with Crippen molar-refractivity contribution >= 4 is 23.2 Å². The van der Waals surface area contributed by atoms with Crippen molar-refractivity contribution in [1.82, 2.24) is 25.4 Å². The summed E-state index contributed by atoms with van der Waals surface area (Å²) >= 11 is 1.35. The van der Waals surface area contributed by atoms with Crippen molar-refractivity contribution in [2.24, 2.45) is 0 Å². The maximum atomic E-state index is 12.7. The second-order valence-electron chi connectivity index (χ2n) is 6.80. The van der Waals surface area contributed by atoms with Crippen LogP contribution in [0.25, 0.3) is 0 Å². The number of hydrogen-bond acceptors (Lipinski definition) is 5. The number of hydrogen-bond donors (Lipinski definition) is 2. The topological polar surface area (TPSA) is 91.0 Å². The summed E-state index contributed by atoms with van der Waals surface area (Å²) in [6.07, 6.45) is 6.29. The molecule has 1 fully saturated rings. The van der Waals surface area contributed by atoms with Gasteiger partial charge in [0.1, 0.15) is 4.88 Å². The highest BCUT2D eigenvalue weighted by molar-refractivity contribution is 7.11. The van der Waals surface area contributed by atoms with Gasteiger partial charge in [-0.2, -0.15) is 5.10 Å². The lowest BCUT2D eigenvalue weighted by atomic mass is 9.98. The molecule has 2 aromatic rings. The first-order valence-corrected chi connectivity index (χ1v) is 9.58. The first-order chi connectivity index (χ1) is 12.1. The quantitative estimate of drug-likeness (QED) is 0.874. The minimum absolute atomic E-state index is 0.00499. The molecule has 2 N–H and O–H groups in total. The van der Waals surface area contributed by atoms with Gasteiger partial charge in [-0.3, -0.25) is 19.7 Å². The maximum absolute atomic E-state index is 12.7. The van der Waals surface area contributed by atoms with Crippen LogP contribution in [0.15, 0.2) is 11.7 Å². The summed E-state index contributed by atoms with van der Waals surface area (Å²) in [4.78, 5) is 31.7. The van der Waals surface area contributed by atoms with Gasteiger partial charge in [-0.25, -0.2) is 0 Å². The third-order valence-electron chi connectivity index (χ3n) is 5.14. The molecule has 0 aromatic carbocycles. The Labute approximate surface area is 149 Å². The lowest BCUT2D eigenvalue weighted by Crippen LogP contribution is -2.53. The number of aromatic amines is 1. The van der Waals surface area contributed by atoms with Crippen LogP contribution in [0.3, 0.4) is 0 Å². The predicted octanol–water partition coefficient (Wildman–Crippen LogP) is 1.78. The van der Waals surface area contributed by atoms with E-state index in [0.717, 1.165) is 43.4 Å². The van der Waals surface area contributed by atoms with Gasteiger partial charge in [0.25, 0.3) is 11.8 Å². The Morgan fingerprint density at radius 3 is 3.04 bits per heavy atom. The van der Waals surface area contributed by atoms with E-state index in [9.17, 15) is 9.59 Å². The molecule has 4 rings (SSSR count). The van der Waals surface area contributed by atoms with Crippen molar-refractivity contribution in [3.05, 3.63) is 33.5 Å². The number of likely N-dealkylation sites (tertiary alicyclic amines) is 1. The molecule has 0 spiro atoms. The fourth-order valence-electron chi connectivity index (χ4n) is 3.73. The van der Waals surface area contributed by atoms with E-state index in [-0.39, 0.29) is 23.9 Å². The van der Waals surface area contributed by atoms with Gasteiger partial charge in [0.05, 0.1) is 11.7 Å². The van der Waals surface area contributed by atoms with Gasteiger partial charge in [0.15, 0.2) is 5.69 Å². The Morgan fingerprint density at radius 1 is 1.36 bits per heavy atom. The Kier molecular flexibility index (Phi) is 4.29. The van der Waals surface area contributed by atoms with Crippen LogP contribution >= 0.6 is 11.3 Å². The van der Waals surface area contributed by atoms with Gasteiger partial charge in [0, 0.05) is 29.9 Å². The molecule has 0 radical (unpaired) electrons. The summed E-state index contributed by atoms with van der Waals surface area (Å²) < 4.78 is 0. The average molecular weight is 359 g/mol. The molecule has 7 nitrogen and oxygen atoms in total. The molecule has 3 heterocycles. The first-order valence-electron chi connectivity index (χ1n) is 8.70. The molecule has 2 unspecified atom stereocenters. The minimum atomic E-state index is -0.135. The second-order valence-corrected chi connectivity index (χ2v) is 7.69. The first kappa shape index (κ1) is 16.3. The third-order valence-corrected chi connectivity index (χ3v) is 5.90. The largest absolute Gasteiger partial charge is 0.346 e. The normalized spacial score (nSPS) is 22.7. The van der Waals surface area contributed by atoms with Crippen LogP contribution in [0.5, 0.6) is 0 Å². The number of carbonyl (C=O) groups excluding carboxylic acids is 2. The van der Waals surface area contributed by atoms with Crippen molar-refractivity contribution < 1.29 is 9.59 Å². The Bertz CT molecular complexity index is 785. The van der Waals surface area contributed by atoms with Gasteiger partial charge in [-0.1, -0.05) is 0 Å². The highest BCUT2D eigenvalue weighted by atomic mass is 32.1. The van der Waals surface area contributed by atoms with E-state index < -0.39 is 0 Å². The van der Waals surface area contributed by atoms with Gasteiger partial charge in [-0.05, 0) is 39.0 Å². The summed E-state index contributed by atoms with van der Waals surface area (Å²) in [5.41, 5.74) is 4.33. The molecule has 1 saturated heterocycles. The van der Waals surface area contributed by atoms with Crippen molar-refractivity contribution in [3.8, 4) is 0 Å². The number of H-pyrrole nitrogens is 1. The number of carbonyl (C=O) groups is 2. The Morgan fingerprint density at radius 2 is 2.24 bits per heavy atom. The molecular formula is C17H21N5O2S. The number of aromatic nitrogens is 3. The Hall–Kier alpha value is -2.22. The molecule has 132 valence electrons. The standard InChI is InChI=1S/C17H21N5O2S/c1-10-5-6-11(8-22(10)17(24)14-7-18-9-25-14)19-16(23)15-12-3-2-4-13(12)20-21-15/h7,9-11H,2-6,8H2,1H3,(H,19,23)(H,20,21). The van der Waals surface area contributed by atoms with E-state index in [1.165, 1.54) is 11.3 Å². The number of fused-ring (bicyclic) bond motifs is 1. The molecule has 25 heavy (non-hydrogen) atoms. The van der Waals surface area contributed by atoms with Crippen LogP contribution in [-0.2, 0) is 12.8 Å². The van der Waals surface area contributed by atoms with E-state index in [2.05, 4.69) is 27.4 Å². The summed E-state index contributed by atoms with van der Waals surface area (Å²) in [5.74, 6) is -0.140. The van der Waals surface area contributed by atoms with Crippen LogP contribution in [0.1, 0.15) is 57.6 Å². The Balaban J connectivity index is 1.44. The smallest absolute Gasteiger partial charge is 0.272 e. The SMILES string of the molecule is CC1CCC(NC(=O)c2n[nH]c3c2CCC3)CN1C(=O)c1cncs1. The number of nitrogens with one attached hydrogen (secondary N) is 2. The molecule has 2 atom stereocenters. The van der Waals surface area contributed by atoms with Gasteiger partial charge >= 0.3 is 0 Å². The molecule has 1 aliphatic carbocycles. The number of thiazole rings is 1. The second kappa shape index (κ2) is 6.59. The van der Waals surface area contributed by atoms with Crippen molar-refractivity contribution in [2.45, 2.75) is 51.1 Å². The molecule has 2 amide bonds. The van der Waals surface area contributed by atoms with Crippen LogP contribution in [0.4, 0.5) is 0 Å². The highest BCUT2D eigenvalue weighted by Crippen LogP contribution is 2.24. The zero-order valence-corrected chi connectivity index (χ0v) is 14.9. The van der Waals surface area contributed by atoms with Crippen LogP contribution < -0.4 is 5.32 Å². The third kappa shape index (κ3) is 3.06. The summed E-state index contributed by atoms with van der Waals surface area (Å²) in [6.45, 7) is 2.58. The molecule has 2 aliphatic rings. The van der Waals surface area contributed by atoms with Crippen molar-refractivity contribution in [3.63, 3.8) is 0 Å². The number of aryl methyl sites for hydroxylation is 1. The molecule has 8 heteroatoms. The van der Waals surface area contributed by atoms with Crippen LogP contribution in [0.2, 0.25) is 0 Å². The van der Waals surface area contributed by atoms with E-state index in [4.69, 9.17) is 0 Å². The fraction of sp³-hybridized carbons (Fsp3) is 0.529. The minimum Gasteiger partial charge on any atom is -0.346 e. The number of piperidine rings is 1. The zero-order chi connectivity index (χ0) is 17.4. The number of nitrogens with zero attached hydrogens (tertiary/aromatic N) is 3. The lowest BCUT2D eigenvalue weighted by Gasteiger charge is -2.38. The van der Waals surface area contributed by atoms with Crippen molar-refractivity contribution in [2.75, 3.05) is 6.54 Å². The van der Waals surface area contributed by atoms with Crippen molar-refractivity contribution in [1.29, 1.82) is 0 Å². The number of rotatable bonds is 3. The van der Waals surface area contributed by atoms with E-state index >= 15 is 0 Å². The van der Waals surface area contributed by atoms with E-state index in [1.807, 2.05) is 4.90 Å². The molecule has 0 saturated carbocycles. The van der Waals surface area contributed by atoms with Gasteiger partial charge in [-0.15, -0.1) is 11.3 Å². The predicted molar refractivity (Wildman–Crippen MR) is 93.7 cm³/mol. The van der Waals surface area contributed by atoms with E-state index in [1.54, 1.807) is 11.7 Å². The average Bonchev–Trinajstić information content (AvgIpc) is 3.33. The maximum Gasteiger partial charge on any atom is 0.272 e. The summed E-state index contributed by atoms with van der Waals surface area (Å²) in [6, 6.07) is 0.117. The highest BCUT2D eigenvalue weighted by Gasteiger charge is 2.32. The summed E-state index contributed by atoms with van der Waals surface area (Å²) in [7, 11) is 0. The molecule has 2 aromatic heterocycles. The zero-order valence-electron chi connectivity index (χ0n) is 14.1. The number of amides is 2. The van der Waals surface area contributed by atoms with Crippen LogP contribution in [-0.4, -0.2) is 50.5 Å². The lowest BCUT2D eigenvalue weighted by molar-refractivity contribution is 0.0580. The molecular weight excluding hydrogens is 338 g/mol. The van der Waals surface area contributed by atoms with E-state index in [0.29, 0.717) is 17.1 Å². The van der Waals surface area contributed by atoms with Gasteiger partial charge in [0.2, 0.25) is 0 Å². The fourth-order valence-corrected chi connectivity index (χ4v) is 4.31. The van der Waals surface area contributed by atoms with Gasteiger partial charge < -0.3 is 10.2 Å². The summed E-state index contributed by atoms with van der Waals surface area (Å²) in [5, 5.41) is 10.2.